The Bertz CT molecular complexity index is 266. The van der Waals surface area contributed by atoms with Crippen LogP contribution in [0.25, 0.3) is 0 Å². The zero-order chi connectivity index (χ0) is 10.3. The normalized spacial score (nSPS) is 13.4. The van der Waals surface area contributed by atoms with Gasteiger partial charge in [-0.3, -0.25) is 0 Å². The largest absolute Gasteiger partial charge is 0.436 e. The fraction of sp³-hybridized carbons (Fsp3) is 0.714. The summed E-state index contributed by atoms with van der Waals surface area (Å²) in [5.41, 5.74) is -1.43. The molecule has 0 N–H and O–H groups in total. The van der Waals surface area contributed by atoms with Gasteiger partial charge < -0.3 is 0 Å². The molecule has 1 heterocycles. The molecule has 0 atom stereocenters. The van der Waals surface area contributed by atoms with E-state index in [1.54, 1.807) is 20.8 Å². The van der Waals surface area contributed by atoms with Gasteiger partial charge in [0.25, 0.3) is 0 Å². The number of nitrogens with zero attached hydrogens (tertiary/aromatic N) is 3. The maximum atomic E-state index is 12.1. The summed E-state index contributed by atoms with van der Waals surface area (Å²) in [6, 6.07) is 0. The Morgan fingerprint density at radius 2 is 1.77 bits per heavy atom. The second kappa shape index (κ2) is 2.71. The van der Waals surface area contributed by atoms with Crippen molar-refractivity contribution in [3.63, 3.8) is 0 Å². The van der Waals surface area contributed by atoms with Crippen molar-refractivity contribution in [2.45, 2.75) is 32.5 Å². The van der Waals surface area contributed by atoms with Crippen molar-refractivity contribution in [1.82, 2.24) is 15.0 Å². The summed E-state index contributed by atoms with van der Waals surface area (Å²) in [4.78, 5) is 0. The molecule has 13 heavy (non-hydrogen) atoms. The number of aromatic nitrogens is 3. The van der Waals surface area contributed by atoms with Crippen LogP contribution in [0.4, 0.5) is 13.2 Å². The molecule has 0 saturated carbocycles. The number of hydrogen-bond donors (Lipinski definition) is 0. The van der Waals surface area contributed by atoms with E-state index in [2.05, 4.69) is 10.3 Å². The van der Waals surface area contributed by atoms with Gasteiger partial charge in [-0.25, -0.2) is 4.68 Å². The fourth-order valence-corrected chi connectivity index (χ4v) is 0.722. The molecule has 0 aliphatic heterocycles. The van der Waals surface area contributed by atoms with Crippen molar-refractivity contribution in [3.8, 4) is 0 Å². The van der Waals surface area contributed by atoms with Crippen molar-refractivity contribution in [2.75, 3.05) is 0 Å². The van der Waals surface area contributed by atoms with Crippen LogP contribution in [0.1, 0.15) is 26.5 Å². The van der Waals surface area contributed by atoms with E-state index in [1.807, 2.05) is 0 Å². The van der Waals surface area contributed by atoms with Gasteiger partial charge in [-0.1, -0.05) is 5.21 Å². The maximum Gasteiger partial charge on any atom is 0.436 e. The standard InChI is InChI=1S/C7H10F3N3/c1-6(2,3)13-4-5(11-12-13)7(8,9)10/h4H,1-3H3. The molecule has 0 bridgehead atoms. The lowest BCUT2D eigenvalue weighted by atomic mass is 10.1. The number of alkyl halides is 3. The van der Waals surface area contributed by atoms with E-state index in [9.17, 15) is 13.2 Å². The molecule has 1 rings (SSSR count). The molecular formula is C7H10F3N3. The molecule has 0 aliphatic carbocycles. The Labute approximate surface area is 73.5 Å². The average Bonchev–Trinajstić information content (AvgIpc) is 2.28. The van der Waals surface area contributed by atoms with Gasteiger partial charge in [0, 0.05) is 0 Å². The summed E-state index contributed by atoms with van der Waals surface area (Å²) in [5.74, 6) is 0. The van der Waals surface area contributed by atoms with Crippen LogP contribution in [0.5, 0.6) is 0 Å². The second-order valence-corrected chi connectivity index (χ2v) is 3.72. The minimum Gasteiger partial charge on any atom is -0.247 e. The Morgan fingerprint density at radius 1 is 1.23 bits per heavy atom. The molecule has 0 radical (unpaired) electrons. The van der Waals surface area contributed by atoms with Crippen molar-refractivity contribution in [3.05, 3.63) is 11.9 Å². The van der Waals surface area contributed by atoms with Gasteiger partial charge in [0.05, 0.1) is 11.7 Å². The van der Waals surface area contributed by atoms with Crippen LogP contribution >= 0.6 is 0 Å². The molecule has 0 spiro atoms. The van der Waals surface area contributed by atoms with Gasteiger partial charge in [0.15, 0.2) is 5.69 Å². The summed E-state index contributed by atoms with van der Waals surface area (Å²) >= 11 is 0. The molecule has 0 saturated heterocycles. The first-order valence-corrected chi connectivity index (χ1v) is 3.71. The van der Waals surface area contributed by atoms with E-state index in [0.717, 1.165) is 6.20 Å². The van der Waals surface area contributed by atoms with E-state index in [1.165, 1.54) is 4.68 Å². The molecule has 1 aromatic rings. The maximum absolute atomic E-state index is 12.1. The summed E-state index contributed by atoms with van der Waals surface area (Å²) in [6.07, 6.45) is -3.51. The minimum absolute atomic E-state index is 0.476. The monoisotopic (exact) mass is 193 g/mol. The number of halogens is 3. The van der Waals surface area contributed by atoms with Crippen molar-refractivity contribution < 1.29 is 13.2 Å². The molecule has 0 aromatic carbocycles. The van der Waals surface area contributed by atoms with Gasteiger partial charge in [-0.05, 0) is 20.8 Å². The van der Waals surface area contributed by atoms with Crippen LogP contribution in [-0.4, -0.2) is 15.0 Å². The van der Waals surface area contributed by atoms with Gasteiger partial charge in [0.2, 0.25) is 0 Å². The van der Waals surface area contributed by atoms with E-state index in [4.69, 9.17) is 0 Å². The van der Waals surface area contributed by atoms with Crippen LogP contribution in [0.15, 0.2) is 6.20 Å². The molecule has 3 nitrogen and oxygen atoms in total. The second-order valence-electron chi connectivity index (χ2n) is 3.72. The lowest BCUT2D eigenvalue weighted by molar-refractivity contribution is -0.141. The van der Waals surface area contributed by atoms with E-state index >= 15 is 0 Å². The summed E-state index contributed by atoms with van der Waals surface area (Å²) < 4.78 is 37.4. The van der Waals surface area contributed by atoms with E-state index in [-0.39, 0.29) is 0 Å². The number of hydrogen-bond acceptors (Lipinski definition) is 2. The SMILES string of the molecule is CC(C)(C)n1cc(C(F)(F)F)nn1. The van der Waals surface area contributed by atoms with Crippen molar-refractivity contribution >= 4 is 0 Å². The van der Waals surface area contributed by atoms with Crippen LogP contribution in [-0.2, 0) is 11.7 Å². The highest BCUT2D eigenvalue weighted by molar-refractivity contribution is 4.99. The molecule has 0 unspecified atom stereocenters. The Hall–Kier alpha value is -1.07. The fourth-order valence-electron chi connectivity index (χ4n) is 0.722. The zero-order valence-corrected chi connectivity index (χ0v) is 7.55. The van der Waals surface area contributed by atoms with Gasteiger partial charge in [-0.15, -0.1) is 5.10 Å². The van der Waals surface area contributed by atoms with E-state index in [0.29, 0.717) is 0 Å². The van der Waals surface area contributed by atoms with Crippen molar-refractivity contribution in [2.24, 2.45) is 0 Å². The molecule has 0 aliphatic rings. The van der Waals surface area contributed by atoms with Crippen LogP contribution in [0, 0.1) is 0 Å². The Morgan fingerprint density at radius 3 is 2.00 bits per heavy atom. The predicted octanol–water partition coefficient (Wildman–Crippen LogP) is 2.05. The molecule has 74 valence electrons. The quantitative estimate of drug-likeness (QED) is 0.631. The highest BCUT2D eigenvalue weighted by Gasteiger charge is 2.35. The first-order chi connectivity index (χ1) is 5.71. The average molecular weight is 193 g/mol. The summed E-state index contributed by atoms with van der Waals surface area (Å²) in [6.45, 7) is 5.26. The molecular weight excluding hydrogens is 183 g/mol. The van der Waals surface area contributed by atoms with Gasteiger partial charge in [0.1, 0.15) is 0 Å². The highest BCUT2D eigenvalue weighted by Crippen LogP contribution is 2.27. The van der Waals surface area contributed by atoms with Gasteiger partial charge >= 0.3 is 6.18 Å². The lowest BCUT2D eigenvalue weighted by Crippen LogP contribution is -2.22. The van der Waals surface area contributed by atoms with Crippen LogP contribution in [0.2, 0.25) is 0 Å². The third-order valence-electron chi connectivity index (χ3n) is 1.47. The Balaban J connectivity index is 3.01. The van der Waals surface area contributed by atoms with Crippen LogP contribution < -0.4 is 0 Å². The first-order valence-electron chi connectivity index (χ1n) is 3.71. The Kier molecular flexibility index (Phi) is 2.09. The number of rotatable bonds is 0. The smallest absolute Gasteiger partial charge is 0.247 e. The molecule has 0 amide bonds. The van der Waals surface area contributed by atoms with Gasteiger partial charge in [-0.2, -0.15) is 13.2 Å². The zero-order valence-electron chi connectivity index (χ0n) is 7.55. The van der Waals surface area contributed by atoms with Crippen LogP contribution in [0.3, 0.4) is 0 Å². The molecule has 6 heteroatoms. The highest BCUT2D eigenvalue weighted by atomic mass is 19.4. The third kappa shape index (κ3) is 2.19. The molecule has 1 aromatic heterocycles. The lowest BCUT2D eigenvalue weighted by Gasteiger charge is -2.17. The van der Waals surface area contributed by atoms with E-state index < -0.39 is 17.4 Å². The predicted molar refractivity (Wildman–Crippen MR) is 40.0 cm³/mol. The third-order valence-corrected chi connectivity index (χ3v) is 1.47. The summed E-state index contributed by atoms with van der Waals surface area (Å²) in [7, 11) is 0. The first kappa shape index (κ1) is 10.0. The molecule has 0 fully saturated rings. The topological polar surface area (TPSA) is 30.7 Å². The minimum atomic E-state index is -4.41. The van der Waals surface area contributed by atoms with Crippen molar-refractivity contribution in [1.29, 1.82) is 0 Å². The summed E-state index contributed by atoms with van der Waals surface area (Å²) in [5, 5.41) is 6.44.